The van der Waals surface area contributed by atoms with E-state index in [4.69, 9.17) is 0 Å². The highest BCUT2D eigenvalue weighted by Crippen LogP contribution is 2.25. The average molecular weight is 340 g/mol. The third-order valence-corrected chi connectivity index (χ3v) is 3.92. The molecule has 7 heteroatoms. The van der Waals surface area contributed by atoms with E-state index in [-0.39, 0.29) is 12.2 Å². The Balaban J connectivity index is 2.21. The van der Waals surface area contributed by atoms with Crippen LogP contribution in [0.15, 0.2) is 42.3 Å². The number of rotatable bonds is 5. The topological polar surface area (TPSA) is 33.2 Å². The number of hydrogen-bond acceptors (Lipinski definition) is 3. The largest absolute Gasteiger partial charge is 0.406 e. The Morgan fingerprint density at radius 3 is 2.57 bits per heavy atom. The smallest absolute Gasteiger partial charge is 0.324 e. The standard InChI is InChI=1S/C16H15F3N2OS/c1-3-8-21(10-16(17,18)19)15(22)13-9-23-14(20-13)12-6-4-11(2)5-7-12/h3-7,9H,1,8,10H2,2H3. The molecule has 0 saturated heterocycles. The lowest BCUT2D eigenvalue weighted by atomic mass is 10.2. The van der Waals surface area contributed by atoms with Gasteiger partial charge in [-0.2, -0.15) is 13.2 Å². The minimum Gasteiger partial charge on any atom is -0.324 e. The summed E-state index contributed by atoms with van der Waals surface area (Å²) in [6.07, 6.45) is -3.20. The van der Waals surface area contributed by atoms with Crippen LogP contribution in [-0.4, -0.2) is 35.1 Å². The van der Waals surface area contributed by atoms with E-state index in [0.29, 0.717) is 9.91 Å². The Labute approximate surface area is 136 Å². The van der Waals surface area contributed by atoms with Crippen LogP contribution in [0.4, 0.5) is 13.2 Å². The van der Waals surface area contributed by atoms with Crippen molar-refractivity contribution in [1.82, 2.24) is 9.88 Å². The number of carbonyl (C=O) groups is 1. The maximum atomic E-state index is 12.6. The maximum Gasteiger partial charge on any atom is 0.406 e. The molecule has 1 aromatic carbocycles. The predicted octanol–water partition coefficient (Wildman–Crippen LogP) is 4.31. The van der Waals surface area contributed by atoms with Gasteiger partial charge in [-0.1, -0.05) is 35.9 Å². The number of halogens is 3. The quantitative estimate of drug-likeness (QED) is 0.760. The number of nitrogens with zero attached hydrogens (tertiary/aromatic N) is 2. The SMILES string of the molecule is C=CCN(CC(F)(F)F)C(=O)c1csc(-c2ccc(C)cc2)n1. The third kappa shape index (κ3) is 4.66. The van der Waals surface area contributed by atoms with E-state index < -0.39 is 18.6 Å². The Morgan fingerprint density at radius 2 is 2.00 bits per heavy atom. The summed E-state index contributed by atoms with van der Waals surface area (Å²) in [7, 11) is 0. The van der Waals surface area contributed by atoms with Gasteiger partial charge in [-0.3, -0.25) is 4.79 Å². The molecule has 0 bridgehead atoms. The first kappa shape index (κ1) is 17.2. The molecule has 3 nitrogen and oxygen atoms in total. The van der Waals surface area contributed by atoms with Crippen LogP contribution in [0.1, 0.15) is 16.1 Å². The van der Waals surface area contributed by atoms with Gasteiger partial charge >= 0.3 is 6.18 Å². The minimum absolute atomic E-state index is 0.0108. The Bertz CT molecular complexity index is 692. The summed E-state index contributed by atoms with van der Waals surface area (Å²) in [5.74, 6) is -0.753. The van der Waals surface area contributed by atoms with Crippen molar-refractivity contribution >= 4 is 17.2 Å². The number of carbonyl (C=O) groups excluding carboxylic acids is 1. The first-order chi connectivity index (χ1) is 10.8. The fourth-order valence-electron chi connectivity index (χ4n) is 1.95. The molecule has 0 aliphatic carbocycles. The van der Waals surface area contributed by atoms with Gasteiger partial charge in [0.25, 0.3) is 5.91 Å². The van der Waals surface area contributed by atoms with E-state index >= 15 is 0 Å². The molecule has 2 aromatic rings. The Kier molecular flexibility index (Phi) is 5.20. The molecule has 0 radical (unpaired) electrons. The molecule has 122 valence electrons. The van der Waals surface area contributed by atoms with Crippen LogP contribution < -0.4 is 0 Å². The van der Waals surface area contributed by atoms with Gasteiger partial charge in [0.05, 0.1) is 0 Å². The van der Waals surface area contributed by atoms with Crippen LogP contribution in [0.25, 0.3) is 10.6 Å². The van der Waals surface area contributed by atoms with Gasteiger partial charge in [-0.15, -0.1) is 17.9 Å². The second-order valence-electron chi connectivity index (χ2n) is 4.99. The van der Waals surface area contributed by atoms with Gasteiger partial charge < -0.3 is 4.90 Å². The lowest BCUT2D eigenvalue weighted by molar-refractivity contribution is -0.139. The monoisotopic (exact) mass is 340 g/mol. The van der Waals surface area contributed by atoms with E-state index in [1.165, 1.54) is 22.8 Å². The van der Waals surface area contributed by atoms with Gasteiger partial charge in [0, 0.05) is 17.5 Å². The van der Waals surface area contributed by atoms with E-state index in [1.807, 2.05) is 31.2 Å². The van der Waals surface area contributed by atoms with Crippen molar-refractivity contribution in [1.29, 1.82) is 0 Å². The molecule has 2 rings (SSSR count). The molecule has 0 aliphatic heterocycles. The summed E-state index contributed by atoms with van der Waals surface area (Å²) in [6, 6.07) is 7.54. The lowest BCUT2D eigenvalue weighted by Crippen LogP contribution is -2.39. The van der Waals surface area contributed by atoms with E-state index in [9.17, 15) is 18.0 Å². The van der Waals surface area contributed by atoms with Crippen LogP contribution in [0.3, 0.4) is 0 Å². The molecule has 1 amide bonds. The molecule has 0 atom stereocenters. The van der Waals surface area contributed by atoms with Gasteiger partial charge in [-0.05, 0) is 6.92 Å². The maximum absolute atomic E-state index is 12.6. The van der Waals surface area contributed by atoms with Gasteiger partial charge in [0.2, 0.25) is 0 Å². The summed E-state index contributed by atoms with van der Waals surface area (Å²) in [5.41, 5.74) is 1.92. The molecular weight excluding hydrogens is 325 g/mol. The number of aryl methyl sites for hydroxylation is 1. The number of amides is 1. The van der Waals surface area contributed by atoms with Crippen molar-refractivity contribution in [3.05, 3.63) is 53.6 Å². The zero-order valence-electron chi connectivity index (χ0n) is 12.4. The number of alkyl halides is 3. The second-order valence-corrected chi connectivity index (χ2v) is 5.85. The van der Waals surface area contributed by atoms with Crippen LogP contribution >= 0.6 is 11.3 Å². The molecule has 0 unspecified atom stereocenters. The van der Waals surface area contributed by atoms with Crippen LogP contribution in [0.2, 0.25) is 0 Å². The first-order valence-electron chi connectivity index (χ1n) is 6.79. The lowest BCUT2D eigenvalue weighted by Gasteiger charge is -2.21. The first-order valence-corrected chi connectivity index (χ1v) is 7.67. The number of benzene rings is 1. The molecule has 0 spiro atoms. The molecule has 0 saturated carbocycles. The van der Waals surface area contributed by atoms with Crippen LogP contribution in [0, 0.1) is 6.92 Å². The zero-order chi connectivity index (χ0) is 17.0. The summed E-state index contributed by atoms with van der Waals surface area (Å²) >= 11 is 1.22. The Hall–Kier alpha value is -2.15. The molecule has 1 heterocycles. The van der Waals surface area contributed by atoms with Gasteiger partial charge in [-0.25, -0.2) is 4.98 Å². The van der Waals surface area contributed by atoms with Crippen molar-refractivity contribution in [3.8, 4) is 10.6 Å². The summed E-state index contributed by atoms with van der Waals surface area (Å²) in [5, 5.41) is 2.07. The van der Waals surface area contributed by atoms with E-state index in [1.54, 1.807) is 0 Å². The molecular formula is C16H15F3N2OS. The highest BCUT2D eigenvalue weighted by Gasteiger charge is 2.33. The van der Waals surface area contributed by atoms with Crippen LogP contribution in [-0.2, 0) is 0 Å². The minimum atomic E-state index is -4.46. The fourth-order valence-corrected chi connectivity index (χ4v) is 2.75. The zero-order valence-corrected chi connectivity index (χ0v) is 13.2. The highest BCUT2D eigenvalue weighted by molar-refractivity contribution is 7.13. The molecule has 23 heavy (non-hydrogen) atoms. The van der Waals surface area contributed by atoms with Crippen molar-refractivity contribution in [2.24, 2.45) is 0 Å². The summed E-state index contributed by atoms with van der Waals surface area (Å²) < 4.78 is 37.7. The Morgan fingerprint density at radius 1 is 1.35 bits per heavy atom. The predicted molar refractivity (Wildman–Crippen MR) is 84.4 cm³/mol. The summed E-state index contributed by atoms with van der Waals surface area (Å²) in [6.45, 7) is 3.83. The van der Waals surface area contributed by atoms with Crippen molar-refractivity contribution in [2.75, 3.05) is 13.1 Å². The van der Waals surface area contributed by atoms with E-state index in [2.05, 4.69) is 11.6 Å². The van der Waals surface area contributed by atoms with Crippen molar-refractivity contribution < 1.29 is 18.0 Å². The average Bonchev–Trinajstić information content (AvgIpc) is 2.95. The molecule has 0 N–H and O–H groups in total. The highest BCUT2D eigenvalue weighted by atomic mass is 32.1. The van der Waals surface area contributed by atoms with E-state index in [0.717, 1.165) is 11.1 Å². The second kappa shape index (κ2) is 6.95. The molecule has 0 aliphatic rings. The third-order valence-electron chi connectivity index (χ3n) is 3.03. The van der Waals surface area contributed by atoms with Crippen molar-refractivity contribution in [2.45, 2.75) is 13.1 Å². The molecule has 1 aromatic heterocycles. The fraction of sp³-hybridized carbons (Fsp3) is 0.250. The number of thiazole rings is 1. The normalized spacial score (nSPS) is 11.3. The van der Waals surface area contributed by atoms with Gasteiger partial charge in [0.15, 0.2) is 0 Å². The number of hydrogen-bond donors (Lipinski definition) is 0. The van der Waals surface area contributed by atoms with Gasteiger partial charge in [0.1, 0.15) is 17.2 Å². The summed E-state index contributed by atoms with van der Waals surface area (Å²) in [4.78, 5) is 17.1. The molecule has 0 fully saturated rings. The number of aromatic nitrogens is 1. The van der Waals surface area contributed by atoms with Crippen molar-refractivity contribution in [3.63, 3.8) is 0 Å². The van der Waals surface area contributed by atoms with Crippen LogP contribution in [0.5, 0.6) is 0 Å².